The van der Waals surface area contributed by atoms with E-state index in [1.807, 2.05) is 0 Å². The fourth-order valence-corrected chi connectivity index (χ4v) is 3.84. The van der Waals surface area contributed by atoms with Gasteiger partial charge in [-0.3, -0.25) is 4.79 Å². The van der Waals surface area contributed by atoms with Crippen molar-refractivity contribution < 1.29 is 4.79 Å². The molecule has 0 radical (unpaired) electrons. The van der Waals surface area contributed by atoms with Crippen molar-refractivity contribution in [3.05, 3.63) is 0 Å². The van der Waals surface area contributed by atoms with E-state index in [1.54, 1.807) is 0 Å². The lowest BCUT2D eigenvalue weighted by Gasteiger charge is -2.17. The van der Waals surface area contributed by atoms with Gasteiger partial charge in [-0.25, -0.2) is 0 Å². The Morgan fingerprint density at radius 3 is 2.08 bits per heavy atom. The molecular weight excluding hydrogens is 242 g/mol. The highest BCUT2D eigenvalue weighted by atomic mass is 35.5. The quantitative estimate of drug-likeness (QED) is 0.602. The van der Waals surface area contributed by atoms with E-state index < -0.39 is 14.1 Å². The van der Waals surface area contributed by atoms with Crippen molar-refractivity contribution >= 4 is 52.2 Å². The number of ketones is 1. The minimum atomic E-state index is -1.14. The monoisotopic (exact) mass is 246 g/mol. The van der Waals surface area contributed by atoms with E-state index in [2.05, 4.69) is 0 Å². The van der Waals surface area contributed by atoms with Crippen molar-refractivity contribution in [2.75, 3.05) is 0 Å². The molecule has 2 unspecified atom stereocenters. The molecule has 0 aromatic carbocycles. The first-order valence-electron chi connectivity index (χ1n) is 3.62. The Bertz CT molecular complexity index is 264. The van der Waals surface area contributed by atoms with Gasteiger partial charge in [-0.2, -0.15) is 0 Å². The van der Waals surface area contributed by atoms with E-state index in [1.165, 1.54) is 0 Å². The second kappa shape index (κ2) is 2.25. The van der Waals surface area contributed by atoms with Gasteiger partial charge in [-0.1, -0.05) is 23.2 Å². The molecule has 0 bridgehead atoms. The number of carbonyl (C=O) groups excluding carboxylic acids is 1. The highest BCUT2D eigenvalue weighted by Crippen LogP contribution is 2.77. The molecule has 0 aromatic heterocycles. The van der Waals surface area contributed by atoms with Crippen LogP contribution in [-0.4, -0.2) is 19.9 Å². The highest BCUT2D eigenvalue weighted by Gasteiger charge is 2.87. The lowest BCUT2D eigenvalue weighted by Crippen LogP contribution is -2.25. The van der Waals surface area contributed by atoms with Crippen LogP contribution in [0.25, 0.3) is 0 Å². The van der Waals surface area contributed by atoms with E-state index in [0.29, 0.717) is 12.8 Å². The third-order valence-corrected chi connectivity index (χ3v) is 6.06. The van der Waals surface area contributed by atoms with Crippen molar-refractivity contribution in [3.8, 4) is 0 Å². The largest absolute Gasteiger partial charge is 0.300 e. The molecule has 5 heteroatoms. The summed E-state index contributed by atoms with van der Waals surface area (Å²) >= 11 is 24.0. The van der Waals surface area contributed by atoms with Gasteiger partial charge in [0.1, 0.15) is 15.5 Å². The number of Topliss-reactive ketones (excluding diaryl/α,β-unsaturated/α-hetero) is 1. The number of carbonyl (C=O) groups is 1. The Labute approximate surface area is 90.3 Å². The summed E-state index contributed by atoms with van der Waals surface area (Å²) in [7, 11) is 0. The summed E-state index contributed by atoms with van der Waals surface area (Å²) in [6.45, 7) is 0. The fraction of sp³-hybridized carbons (Fsp3) is 0.857. The van der Waals surface area contributed by atoms with E-state index in [-0.39, 0.29) is 12.2 Å². The maximum Gasteiger partial charge on any atom is 0.160 e. The van der Waals surface area contributed by atoms with Gasteiger partial charge in [0.2, 0.25) is 0 Å². The number of rotatable bonds is 0. The molecule has 2 fully saturated rings. The minimum absolute atomic E-state index is 0.0875. The zero-order valence-corrected chi connectivity index (χ0v) is 9.07. The van der Waals surface area contributed by atoms with Crippen molar-refractivity contribution in [2.45, 2.75) is 33.3 Å². The lowest BCUT2D eigenvalue weighted by atomic mass is 9.98. The average Bonchev–Trinajstić information content (AvgIpc) is 2.28. The van der Waals surface area contributed by atoms with E-state index in [9.17, 15) is 4.79 Å². The highest BCUT2D eigenvalue weighted by molar-refractivity contribution is 6.66. The van der Waals surface area contributed by atoms with Crippen molar-refractivity contribution in [3.63, 3.8) is 0 Å². The normalized spacial score (nSPS) is 50.2. The van der Waals surface area contributed by atoms with Gasteiger partial charge in [0, 0.05) is 12.8 Å². The molecule has 1 nitrogen and oxygen atoms in total. The molecule has 0 heterocycles. The Kier molecular flexibility index (Phi) is 1.76. The van der Waals surface area contributed by atoms with Crippen LogP contribution in [0.1, 0.15) is 19.3 Å². The molecule has 0 amide bonds. The van der Waals surface area contributed by atoms with Gasteiger partial charge < -0.3 is 0 Å². The smallest absolute Gasteiger partial charge is 0.160 e. The van der Waals surface area contributed by atoms with E-state index in [4.69, 9.17) is 46.4 Å². The molecule has 0 aliphatic heterocycles. The molecule has 68 valence electrons. The van der Waals surface area contributed by atoms with Gasteiger partial charge in [0.15, 0.2) is 4.33 Å². The molecule has 2 aliphatic carbocycles. The minimum Gasteiger partial charge on any atom is -0.300 e. The molecule has 0 saturated heterocycles. The molecule has 0 spiro atoms. The van der Waals surface area contributed by atoms with Gasteiger partial charge >= 0.3 is 0 Å². The first-order chi connectivity index (χ1) is 5.35. The summed E-state index contributed by atoms with van der Waals surface area (Å²) in [4.78, 5) is 9.35. The number of hydrogen-bond donors (Lipinski definition) is 0. The summed E-state index contributed by atoms with van der Waals surface area (Å²) in [6, 6.07) is 0. The maximum atomic E-state index is 11.1. The van der Waals surface area contributed by atoms with Crippen LogP contribution in [-0.2, 0) is 4.79 Å². The van der Waals surface area contributed by atoms with E-state index in [0.717, 1.165) is 0 Å². The van der Waals surface area contributed by atoms with Crippen molar-refractivity contribution in [1.29, 1.82) is 0 Å². The number of hydrogen-bond acceptors (Lipinski definition) is 1. The maximum absolute atomic E-state index is 11.1. The molecule has 0 N–H and O–H groups in total. The van der Waals surface area contributed by atoms with Crippen LogP contribution in [0.15, 0.2) is 0 Å². The summed E-state index contributed by atoms with van der Waals surface area (Å²) in [5.41, 5.74) is 0. The summed E-state index contributed by atoms with van der Waals surface area (Å²) in [6.07, 6.45) is 1.09. The molecule has 12 heavy (non-hydrogen) atoms. The Hall–Kier alpha value is 0.830. The summed E-state index contributed by atoms with van der Waals surface area (Å²) < 4.78 is -1.14. The van der Waals surface area contributed by atoms with Crippen LogP contribution < -0.4 is 0 Å². The number of fused-ring (bicyclic) bond motifs is 1. The van der Waals surface area contributed by atoms with Crippen LogP contribution in [0, 0.1) is 0 Å². The topological polar surface area (TPSA) is 17.1 Å². The molecule has 2 rings (SSSR count). The Balaban J connectivity index is 2.35. The second-order valence-corrected chi connectivity index (χ2v) is 6.01. The lowest BCUT2D eigenvalue weighted by molar-refractivity contribution is -0.120. The molecule has 2 atom stereocenters. The SMILES string of the molecule is O=C1CCC2(Cl)C(Cl)(Cl)C2(Cl)C1. The third-order valence-electron chi connectivity index (χ3n) is 2.75. The van der Waals surface area contributed by atoms with Gasteiger partial charge in [0.05, 0.1) is 0 Å². The number of halogens is 4. The fourth-order valence-electron chi connectivity index (χ4n) is 1.81. The second-order valence-electron chi connectivity index (χ2n) is 3.39. The third kappa shape index (κ3) is 0.771. The summed E-state index contributed by atoms with van der Waals surface area (Å²) in [5, 5.41) is 0. The van der Waals surface area contributed by atoms with Crippen LogP contribution in [0.3, 0.4) is 0 Å². The van der Waals surface area contributed by atoms with Crippen molar-refractivity contribution in [2.24, 2.45) is 0 Å². The van der Waals surface area contributed by atoms with Crippen molar-refractivity contribution in [1.82, 2.24) is 0 Å². The predicted molar refractivity (Wildman–Crippen MR) is 50.5 cm³/mol. The Morgan fingerprint density at radius 2 is 1.67 bits per heavy atom. The molecule has 2 aliphatic rings. The van der Waals surface area contributed by atoms with Gasteiger partial charge in [0.25, 0.3) is 0 Å². The van der Waals surface area contributed by atoms with Gasteiger partial charge in [-0.15, -0.1) is 23.2 Å². The predicted octanol–water partition coefficient (Wildman–Crippen LogP) is 2.88. The first-order valence-corrected chi connectivity index (χ1v) is 5.14. The number of alkyl halides is 4. The van der Waals surface area contributed by atoms with Gasteiger partial charge in [-0.05, 0) is 6.42 Å². The molecular formula is C7H6Cl4O. The van der Waals surface area contributed by atoms with Crippen LogP contribution in [0.4, 0.5) is 0 Å². The Morgan fingerprint density at radius 1 is 1.08 bits per heavy atom. The van der Waals surface area contributed by atoms with Crippen LogP contribution in [0.2, 0.25) is 0 Å². The van der Waals surface area contributed by atoms with Crippen LogP contribution >= 0.6 is 46.4 Å². The van der Waals surface area contributed by atoms with E-state index >= 15 is 0 Å². The van der Waals surface area contributed by atoms with Crippen LogP contribution in [0.5, 0.6) is 0 Å². The molecule has 0 aromatic rings. The standard InChI is InChI=1S/C7H6Cl4O/c8-5-2-1-4(12)3-6(5,9)7(5,10)11/h1-3H2. The zero-order chi connectivity index (χ0) is 9.20. The summed E-state index contributed by atoms with van der Waals surface area (Å²) in [5.74, 6) is 0.0875. The molecule has 2 saturated carbocycles. The zero-order valence-electron chi connectivity index (χ0n) is 6.04. The first kappa shape index (κ1) is 9.39. The average molecular weight is 248 g/mol.